The van der Waals surface area contributed by atoms with Crippen LogP contribution in [0.3, 0.4) is 0 Å². The molecule has 1 N–H and O–H groups in total. The molecule has 0 aromatic heterocycles. The van der Waals surface area contributed by atoms with Crippen LogP contribution < -0.4 is 5.32 Å². The van der Waals surface area contributed by atoms with Crippen LogP contribution >= 0.6 is 0 Å². The first-order valence-corrected chi connectivity index (χ1v) is 5.82. The zero-order chi connectivity index (χ0) is 10.9. The molecule has 90 valence electrons. The third kappa shape index (κ3) is 5.47. The molecular weight excluding hydrogens is 192 g/mol. The molecule has 0 aromatic rings. The molecule has 0 unspecified atom stereocenters. The van der Waals surface area contributed by atoms with Gasteiger partial charge in [-0.2, -0.15) is 0 Å². The summed E-state index contributed by atoms with van der Waals surface area (Å²) in [4.78, 5) is 2.43. The molecule has 1 saturated heterocycles. The number of ether oxygens (including phenoxy) is 2. The molecule has 1 aliphatic rings. The Bertz CT molecular complexity index is 150. The van der Waals surface area contributed by atoms with Crippen molar-refractivity contribution < 1.29 is 9.47 Å². The number of methoxy groups -OCH3 is 1. The van der Waals surface area contributed by atoms with Crippen LogP contribution in [0.2, 0.25) is 0 Å². The summed E-state index contributed by atoms with van der Waals surface area (Å²) in [6.45, 7) is 5.73. The van der Waals surface area contributed by atoms with Gasteiger partial charge in [0.2, 0.25) is 0 Å². The van der Waals surface area contributed by atoms with Gasteiger partial charge in [0.05, 0.1) is 6.61 Å². The van der Waals surface area contributed by atoms with E-state index in [1.165, 1.54) is 12.8 Å². The van der Waals surface area contributed by atoms with Gasteiger partial charge in [-0.25, -0.2) is 0 Å². The van der Waals surface area contributed by atoms with E-state index in [1.54, 1.807) is 7.11 Å². The maximum absolute atomic E-state index is 5.35. The molecule has 0 atom stereocenters. The summed E-state index contributed by atoms with van der Waals surface area (Å²) < 4.78 is 10.3. The largest absolute Gasteiger partial charge is 0.383 e. The third-order valence-electron chi connectivity index (χ3n) is 2.94. The number of likely N-dealkylation sites (N-methyl/N-ethyl adjacent to an activating group) is 1. The molecule has 0 spiro atoms. The molecular formula is C11H24N2O2. The average molecular weight is 216 g/mol. The van der Waals surface area contributed by atoms with Crippen molar-refractivity contribution in [1.82, 2.24) is 10.2 Å². The third-order valence-corrected chi connectivity index (χ3v) is 2.94. The molecule has 0 amide bonds. The summed E-state index contributed by atoms with van der Waals surface area (Å²) in [6.07, 6.45) is 2.35. The van der Waals surface area contributed by atoms with Crippen LogP contribution in [0.25, 0.3) is 0 Å². The fourth-order valence-corrected chi connectivity index (χ4v) is 1.86. The normalized spacial score (nSPS) is 18.6. The Labute approximate surface area is 92.9 Å². The van der Waals surface area contributed by atoms with Crippen LogP contribution in [-0.2, 0) is 9.47 Å². The highest BCUT2D eigenvalue weighted by Crippen LogP contribution is 2.11. The maximum Gasteiger partial charge on any atom is 0.0587 e. The van der Waals surface area contributed by atoms with Crippen molar-refractivity contribution in [3.8, 4) is 0 Å². The second kappa shape index (κ2) is 8.05. The van der Waals surface area contributed by atoms with Crippen LogP contribution in [0.1, 0.15) is 12.8 Å². The maximum atomic E-state index is 5.35. The molecule has 15 heavy (non-hydrogen) atoms. The highest BCUT2D eigenvalue weighted by Gasteiger charge is 2.17. The van der Waals surface area contributed by atoms with Gasteiger partial charge in [0.15, 0.2) is 0 Å². The van der Waals surface area contributed by atoms with Crippen molar-refractivity contribution in [1.29, 1.82) is 0 Å². The predicted molar refractivity (Wildman–Crippen MR) is 61.2 cm³/mol. The standard InChI is InChI=1S/C11H24N2O2/c1-13(7-5-12-6-10-14-2)11-3-8-15-9-4-11/h11-12H,3-10H2,1-2H3. The van der Waals surface area contributed by atoms with E-state index < -0.39 is 0 Å². The van der Waals surface area contributed by atoms with E-state index in [9.17, 15) is 0 Å². The van der Waals surface area contributed by atoms with Crippen molar-refractivity contribution in [2.24, 2.45) is 0 Å². The molecule has 1 rings (SSSR count). The van der Waals surface area contributed by atoms with E-state index >= 15 is 0 Å². The van der Waals surface area contributed by atoms with Crippen LogP contribution in [0, 0.1) is 0 Å². The lowest BCUT2D eigenvalue weighted by molar-refractivity contribution is 0.0433. The number of rotatable bonds is 7. The summed E-state index contributed by atoms with van der Waals surface area (Å²) in [5.41, 5.74) is 0. The lowest BCUT2D eigenvalue weighted by Gasteiger charge is -2.31. The highest BCUT2D eigenvalue weighted by molar-refractivity contribution is 4.72. The Morgan fingerprint density at radius 1 is 1.33 bits per heavy atom. The number of nitrogens with one attached hydrogen (secondary N) is 1. The molecule has 1 heterocycles. The average Bonchev–Trinajstić information content (AvgIpc) is 2.30. The van der Waals surface area contributed by atoms with Crippen LogP contribution in [0.4, 0.5) is 0 Å². The summed E-state index contributed by atoms with van der Waals surface area (Å²) in [6, 6.07) is 0.711. The minimum absolute atomic E-state index is 0.711. The Morgan fingerprint density at radius 3 is 2.73 bits per heavy atom. The first-order chi connectivity index (χ1) is 7.34. The van der Waals surface area contributed by atoms with Crippen molar-refractivity contribution in [2.75, 3.05) is 53.6 Å². The van der Waals surface area contributed by atoms with E-state index in [4.69, 9.17) is 9.47 Å². The van der Waals surface area contributed by atoms with Crippen LogP contribution in [-0.4, -0.2) is 64.6 Å². The van der Waals surface area contributed by atoms with Gasteiger partial charge in [-0.15, -0.1) is 0 Å². The predicted octanol–water partition coefficient (Wildman–Crippen LogP) is 0.333. The SMILES string of the molecule is COCCNCCN(C)C1CCOCC1. The molecule has 4 heteroatoms. The quantitative estimate of drug-likeness (QED) is 0.622. The molecule has 0 bridgehead atoms. The second-order valence-corrected chi connectivity index (χ2v) is 4.07. The van der Waals surface area contributed by atoms with E-state index in [0.717, 1.165) is 39.5 Å². The second-order valence-electron chi connectivity index (χ2n) is 4.07. The molecule has 0 aromatic carbocycles. The van der Waals surface area contributed by atoms with Gasteiger partial charge in [-0.05, 0) is 19.9 Å². The molecule has 0 saturated carbocycles. The monoisotopic (exact) mass is 216 g/mol. The van der Waals surface area contributed by atoms with E-state index in [1.807, 2.05) is 0 Å². The zero-order valence-corrected chi connectivity index (χ0v) is 10.00. The van der Waals surface area contributed by atoms with Crippen molar-refractivity contribution >= 4 is 0 Å². The molecule has 0 radical (unpaired) electrons. The lowest BCUT2D eigenvalue weighted by Crippen LogP contribution is -2.40. The zero-order valence-electron chi connectivity index (χ0n) is 10.00. The van der Waals surface area contributed by atoms with E-state index in [-0.39, 0.29) is 0 Å². The van der Waals surface area contributed by atoms with Gasteiger partial charge in [0.1, 0.15) is 0 Å². The molecule has 0 aliphatic carbocycles. The van der Waals surface area contributed by atoms with Gasteiger partial charge in [0, 0.05) is 46.0 Å². The summed E-state index contributed by atoms with van der Waals surface area (Å²) >= 11 is 0. The summed E-state index contributed by atoms with van der Waals surface area (Å²) in [7, 11) is 3.93. The number of nitrogens with zero attached hydrogens (tertiary/aromatic N) is 1. The smallest absolute Gasteiger partial charge is 0.0587 e. The van der Waals surface area contributed by atoms with E-state index in [2.05, 4.69) is 17.3 Å². The molecule has 1 fully saturated rings. The fraction of sp³-hybridized carbons (Fsp3) is 1.00. The molecule has 4 nitrogen and oxygen atoms in total. The first kappa shape index (κ1) is 12.9. The van der Waals surface area contributed by atoms with Gasteiger partial charge in [-0.3, -0.25) is 0 Å². The van der Waals surface area contributed by atoms with Gasteiger partial charge >= 0.3 is 0 Å². The number of hydrogen-bond donors (Lipinski definition) is 1. The van der Waals surface area contributed by atoms with Crippen molar-refractivity contribution in [3.63, 3.8) is 0 Å². The minimum Gasteiger partial charge on any atom is -0.383 e. The summed E-state index contributed by atoms with van der Waals surface area (Å²) in [5, 5.41) is 3.36. The van der Waals surface area contributed by atoms with E-state index in [0.29, 0.717) is 6.04 Å². The topological polar surface area (TPSA) is 33.7 Å². The van der Waals surface area contributed by atoms with Gasteiger partial charge in [0.25, 0.3) is 0 Å². The van der Waals surface area contributed by atoms with Crippen LogP contribution in [0.5, 0.6) is 0 Å². The number of hydrogen-bond acceptors (Lipinski definition) is 4. The van der Waals surface area contributed by atoms with Crippen molar-refractivity contribution in [3.05, 3.63) is 0 Å². The Morgan fingerprint density at radius 2 is 2.07 bits per heavy atom. The first-order valence-electron chi connectivity index (χ1n) is 5.82. The Hall–Kier alpha value is -0.160. The molecule has 1 aliphatic heterocycles. The van der Waals surface area contributed by atoms with Gasteiger partial charge < -0.3 is 19.7 Å². The Kier molecular flexibility index (Phi) is 6.92. The Balaban J connectivity index is 1.99. The van der Waals surface area contributed by atoms with Crippen molar-refractivity contribution in [2.45, 2.75) is 18.9 Å². The fourth-order valence-electron chi connectivity index (χ4n) is 1.86. The minimum atomic E-state index is 0.711. The lowest BCUT2D eigenvalue weighted by atomic mass is 10.1. The highest BCUT2D eigenvalue weighted by atomic mass is 16.5. The van der Waals surface area contributed by atoms with Crippen LogP contribution in [0.15, 0.2) is 0 Å². The summed E-state index contributed by atoms with van der Waals surface area (Å²) in [5.74, 6) is 0. The van der Waals surface area contributed by atoms with Gasteiger partial charge in [-0.1, -0.05) is 0 Å².